The molecule has 0 saturated heterocycles. The van der Waals surface area contributed by atoms with Crippen LogP contribution in [0.1, 0.15) is 18.5 Å². The Balaban J connectivity index is 1.72. The number of fused-ring (bicyclic) bond motifs is 1. The highest BCUT2D eigenvalue weighted by Crippen LogP contribution is 2.21. The molecule has 0 fully saturated rings. The summed E-state index contributed by atoms with van der Waals surface area (Å²) in [6.07, 6.45) is 1.35. The second-order valence-corrected chi connectivity index (χ2v) is 5.36. The first-order chi connectivity index (χ1) is 12.1. The number of ether oxygens (including phenoxy) is 1. The van der Waals surface area contributed by atoms with E-state index in [9.17, 15) is 9.90 Å². The molecule has 0 spiro atoms. The number of para-hydroxylation sites is 1. The van der Waals surface area contributed by atoms with Crippen LogP contribution in [0.5, 0.6) is 11.5 Å². The molecule has 128 valence electrons. The van der Waals surface area contributed by atoms with Crippen LogP contribution in [0.2, 0.25) is 0 Å². The molecule has 3 rings (SSSR count). The van der Waals surface area contributed by atoms with Crippen LogP contribution in [0.4, 0.5) is 0 Å². The molecule has 1 amide bonds. The predicted molar refractivity (Wildman–Crippen MR) is 92.6 cm³/mol. The van der Waals surface area contributed by atoms with Crippen molar-refractivity contribution >= 4 is 23.2 Å². The molecule has 25 heavy (non-hydrogen) atoms. The van der Waals surface area contributed by atoms with Crippen LogP contribution in [0.25, 0.3) is 11.0 Å². The number of methoxy groups -OCH3 is 1. The van der Waals surface area contributed by atoms with Crippen LogP contribution in [0.3, 0.4) is 0 Å². The van der Waals surface area contributed by atoms with Crippen molar-refractivity contribution in [1.29, 1.82) is 0 Å². The molecule has 1 heterocycles. The molecule has 0 aliphatic carbocycles. The lowest BCUT2D eigenvalue weighted by Crippen LogP contribution is -2.28. The minimum Gasteiger partial charge on any atom is -0.507 e. The summed E-state index contributed by atoms with van der Waals surface area (Å²) in [5.74, 6) is 0.261. The van der Waals surface area contributed by atoms with Crippen molar-refractivity contribution in [2.24, 2.45) is 5.10 Å². The third kappa shape index (κ3) is 3.42. The van der Waals surface area contributed by atoms with Crippen LogP contribution in [0, 0.1) is 0 Å². The number of hydrazone groups is 1. The number of aromatic nitrogens is 3. The Morgan fingerprint density at radius 3 is 2.96 bits per heavy atom. The molecular formula is C17H17N5O3. The number of hydrogen-bond acceptors (Lipinski definition) is 6. The second-order valence-electron chi connectivity index (χ2n) is 5.36. The number of nitrogens with zero attached hydrogens (tertiary/aromatic N) is 4. The third-order valence-corrected chi connectivity index (χ3v) is 3.74. The van der Waals surface area contributed by atoms with Gasteiger partial charge >= 0.3 is 0 Å². The van der Waals surface area contributed by atoms with Crippen molar-refractivity contribution < 1.29 is 14.6 Å². The summed E-state index contributed by atoms with van der Waals surface area (Å²) in [7, 11) is 1.53. The molecule has 0 radical (unpaired) electrons. The van der Waals surface area contributed by atoms with Gasteiger partial charge in [-0.1, -0.05) is 17.3 Å². The summed E-state index contributed by atoms with van der Waals surface area (Å²) in [4.78, 5) is 12.3. The van der Waals surface area contributed by atoms with Gasteiger partial charge in [-0.3, -0.25) is 4.79 Å². The molecule has 3 aromatic rings. The van der Waals surface area contributed by atoms with Gasteiger partial charge in [-0.25, -0.2) is 10.1 Å². The molecule has 1 aromatic heterocycles. The fourth-order valence-corrected chi connectivity index (χ4v) is 2.31. The average Bonchev–Trinajstić information content (AvgIpc) is 3.06. The highest BCUT2D eigenvalue weighted by molar-refractivity contribution is 5.87. The summed E-state index contributed by atoms with van der Waals surface area (Å²) < 4.78 is 6.62. The first kappa shape index (κ1) is 16.4. The number of nitrogens with one attached hydrogen (secondary N) is 1. The molecule has 8 heteroatoms. The summed E-state index contributed by atoms with van der Waals surface area (Å²) in [5, 5.41) is 21.7. The van der Waals surface area contributed by atoms with Gasteiger partial charge in [0.25, 0.3) is 5.91 Å². The second kappa shape index (κ2) is 7.00. The van der Waals surface area contributed by atoms with Crippen molar-refractivity contribution in [3.8, 4) is 11.5 Å². The predicted octanol–water partition coefficient (Wildman–Crippen LogP) is 1.86. The number of amides is 1. The van der Waals surface area contributed by atoms with Gasteiger partial charge in [0.15, 0.2) is 0 Å². The summed E-state index contributed by atoms with van der Waals surface area (Å²) in [6.45, 7) is 1.70. The molecule has 1 unspecified atom stereocenters. The molecule has 0 bridgehead atoms. The van der Waals surface area contributed by atoms with E-state index in [4.69, 9.17) is 4.74 Å². The van der Waals surface area contributed by atoms with Crippen molar-refractivity contribution in [3.05, 3.63) is 48.0 Å². The van der Waals surface area contributed by atoms with Gasteiger partial charge in [0.1, 0.15) is 23.1 Å². The van der Waals surface area contributed by atoms with E-state index in [0.717, 1.165) is 5.52 Å². The van der Waals surface area contributed by atoms with E-state index in [1.54, 1.807) is 19.1 Å². The van der Waals surface area contributed by atoms with Crippen LogP contribution in [0.15, 0.2) is 47.6 Å². The Morgan fingerprint density at radius 1 is 1.36 bits per heavy atom. The van der Waals surface area contributed by atoms with Crippen molar-refractivity contribution in [3.63, 3.8) is 0 Å². The lowest BCUT2D eigenvalue weighted by atomic mass is 10.2. The van der Waals surface area contributed by atoms with Gasteiger partial charge in [-0.05, 0) is 37.3 Å². The number of hydrogen-bond donors (Lipinski definition) is 2. The number of benzene rings is 2. The zero-order valence-corrected chi connectivity index (χ0v) is 13.7. The van der Waals surface area contributed by atoms with E-state index in [0.29, 0.717) is 16.8 Å². The van der Waals surface area contributed by atoms with Gasteiger partial charge in [0.2, 0.25) is 0 Å². The maximum Gasteiger partial charge on any atom is 0.264 e. The van der Waals surface area contributed by atoms with Gasteiger partial charge in [0, 0.05) is 5.56 Å². The number of aromatic hydroxyl groups is 1. The lowest BCUT2D eigenvalue weighted by Gasteiger charge is -2.10. The number of carbonyl (C=O) groups excluding carboxylic acids is 1. The largest absolute Gasteiger partial charge is 0.507 e. The Labute approximate surface area is 143 Å². The molecule has 1 atom stereocenters. The number of phenols is 1. The van der Waals surface area contributed by atoms with E-state index in [2.05, 4.69) is 20.8 Å². The van der Waals surface area contributed by atoms with Crippen molar-refractivity contribution in [1.82, 2.24) is 20.4 Å². The normalized spacial score (nSPS) is 12.4. The molecule has 2 aromatic carbocycles. The minimum atomic E-state index is -0.594. The van der Waals surface area contributed by atoms with Gasteiger partial charge in [-0.15, -0.1) is 5.10 Å². The summed E-state index contributed by atoms with van der Waals surface area (Å²) in [5.41, 5.74) is 4.35. The molecule has 0 aliphatic heterocycles. The Kier molecular flexibility index (Phi) is 4.60. The fourth-order valence-electron chi connectivity index (χ4n) is 2.31. The molecule has 0 aliphatic rings. The lowest BCUT2D eigenvalue weighted by molar-refractivity contribution is -0.124. The standard InChI is InChI=1S/C17H17N5O3/c1-11(22-15-6-4-3-5-14(15)19-21-22)17(24)20-18-10-12-9-13(25-2)7-8-16(12)23/h3-11,23H,1-2H3,(H,20,24)/b18-10+. The number of rotatable bonds is 5. The fraction of sp³-hybridized carbons (Fsp3) is 0.176. The number of carbonyl (C=O) groups is 1. The van der Waals surface area contributed by atoms with E-state index >= 15 is 0 Å². The third-order valence-electron chi connectivity index (χ3n) is 3.74. The van der Waals surface area contributed by atoms with Gasteiger partial charge in [0.05, 0.1) is 18.8 Å². The van der Waals surface area contributed by atoms with E-state index in [1.807, 2.05) is 24.3 Å². The smallest absolute Gasteiger partial charge is 0.264 e. The zero-order valence-electron chi connectivity index (χ0n) is 13.7. The molecule has 8 nitrogen and oxygen atoms in total. The molecular weight excluding hydrogens is 322 g/mol. The summed E-state index contributed by atoms with van der Waals surface area (Å²) in [6, 6.07) is 11.5. The zero-order chi connectivity index (χ0) is 17.8. The SMILES string of the molecule is COc1ccc(O)c(/C=N/NC(=O)C(C)n2nnc3ccccc32)c1. The average molecular weight is 339 g/mol. The van der Waals surface area contributed by atoms with Crippen LogP contribution >= 0.6 is 0 Å². The Morgan fingerprint density at radius 2 is 2.16 bits per heavy atom. The van der Waals surface area contributed by atoms with Crippen LogP contribution < -0.4 is 10.2 Å². The van der Waals surface area contributed by atoms with Crippen LogP contribution in [-0.4, -0.2) is 39.3 Å². The van der Waals surface area contributed by atoms with Gasteiger partial charge < -0.3 is 9.84 Å². The first-order valence-corrected chi connectivity index (χ1v) is 7.60. The molecule has 0 saturated carbocycles. The highest BCUT2D eigenvalue weighted by Gasteiger charge is 2.18. The maximum atomic E-state index is 12.3. The Hall–Kier alpha value is -3.42. The monoisotopic (exact) mass is 339 g/mol. The minimum absolute atomic E-state index is 0.0362. The van der Waals surface area contributed by atoms with E-state index in [-0.39, 0.29) is 11.7 Å². The van der Waals surface area contributed by atoms with Crippen LogP contribution in [-0.2, 0) is 4.79 Å². The van der Waals surface area contributed by atoms with E-state index in [1.165, 1.54) is 24.1 Å². The first-order valence-electron chi connectivity index (χ1n) is 7.60. The highest BCUT2D eigenvalue weighted by atomic mass is 16.5. The Bertz CT molecular complexity index is 935. The maximum absolute atomic E-state index is 12.3. The van der Waals surface area contributed by atoms with E-state index < -0.39 is 6.04 Å². The summed E-state index contributed by atoms with van der Waals surface area (Å²) >= 11 is 0. The van der Waals surface area contributed by atoms with Gasteiger partial charge in [-0.2, -0.15) is 5.10 Å². The van der Waals surface area contributed by atoms with Crippen molar-refractivity contribution in [2.75, 3.05) is 7.11 Å². The quantitative estimate of drug-likeness (QED) is 0.546. The topological polar surface area (TPSA) is 102 Å². The number of phenolic OH excluding ortho intramolecular Hbond substituents is 1. The molecule has 2 N–H and O–H groups in total. The van der Waals surface area contributed by atoms with Crippen molar-refractivity contribution in [2.45, 2.75) is 13.0 Å².